The van der Waals surface area contributed by atoms with Gasteiger partial charge in [0.25, 0.3) is 0 Å². The van der Waals surface area contributed by atoms with E-state index >= 15 is 0 Å². The number of amides is 2. The number of urea groups is 1. The predicted octanol–water partition coefficient (Wildman–Crippen LogP) is 3.04. The lowest BCUT2D eigenvalue weighted by atomic mass is 9.95. The molecule has 1 saturated heterocycles. The van der Waals surface area contributed by atoms with E-state index in [9.17, 15) is 4.79 Å². The van der Waals surface area contributed by atoms with Gasteiger partial charge in [0.2, 0.25) is 0 Å². The van der Waals surface area contributed by atoms with Gasteiger partial charge in [0.15, 0.2) is 0 Å². The van der Waals surface area contributed by atoms with E-state index in [0.717, 1.165) is 44.7 Å². The number of carbonyl (C=O) groups is 1. The Bertz CT molecular complexity index is 513. The molecule has 1 aromatic heterocycles. The van der Waals surface area contributed by atoms with E-state index in [2.05, 4.69) is 28.7 Å². The second-order valence-corrected chi connectivity index (χ2v) is 6.80. The maximum absolute atomic E-state index is 12.3. The lowest BCUT2D eigenvalue weighted by Crippen LogP contribution is -2.55. The summed E-state index contributed by atoms with van der Waals surface area (Å²) in [6.07, 6.45) is 9.17. The molecule has 1 saturated carbocycles. The highest BCUT2D eigenvalue weighted by Gasteiger charge is 2.35. The number of rotatable bonds is 4. The first kappa shape index (κ1) is 15.4. The van der Waals surface area contributed by atoms with E-state index in [1.165, 1.54) is 25.0 Å². The average molecular weight is 304 g/mol. The molecule has 1 aliphatic heterocycles. The fourth-order valence-corrected chi connectivity index (χ4v) is 3.64. The van der Waals surface area contributed by atoms with E-state index in [1.54, 1.807) is 0 Å². The zero-order valence-corrected chi connectivity index (χ0v) is 13.8. The van der Waals surface area contributed by atoms with E-state index in [4.69, 9.17) is 0 Å². The fraction of sp³-hybridized carbons (Fsp3) is 0.765. The van der Waals surface area contributed by atoms with Gasteiger partial charge >= 0.3 is 6.03 Å². The molecule has 2 amide bonds. The number of nitrogens with one attached hydrogen (secondary N) is 1. The summed E-state index contributed by atoms with van der Waals surface area (Å²) in [6, 6.07) is 0.512. The van der Waals surface area contributed by atoms with Crippen LogP contribution in [0.4, 0.5) is 4.79 Å². The van der Waals surface area contributed by atoms with Gasteiger partial charge in [0, 0.05) is 37.6 Å². The molecular weight excluding hydrogens is 276 g/mol. The Hall–Kier alpha value is -1.52. The number of aryl methyl sites for hydroxylation is 1. The number of aromatic nitrogens is 2. The van der Waals surface area contributed by atoms with Crippen LogP contribution in [0.5, 0.6) is 0 Å². The summed E-state index contributed by atoms with van der Waals surface area (Å²) < 4.78 is 2.31. The second-order valence-electron chi connectivity index (χ2n) is 6.80. The number of likely N-dealkylation sites (tertiary alicyclic amines) is 1. The van der Waals surface area contributed by atoms with Crippen molar-refractivity contribution in [2.45, 2.75) is 70.9 Å². The summed E-state index contributed by atoms with van der Waals surface area (Å²) in [7, 11) is 0. The van der Waals surface area contributed by atoms with Crippen molar-refractivity contribution in [3.8, 4) is 0 Å². The Kier molecular flexibility index (Phi) is 4.69. The summed E-state index contributed by atoms with van der Waals surface area (Å²) in [5, 5.41) is 3.20. The van der Waals surface area contributed by atoms with Crippen molar-refractivity contribution in [3.05, 3.63) is 17.7 Å². The van der Waals surface area contributed by atoms with E-state index in [-0.39, 0.29) is 6.03 Å². The smallest absolute Gasteiger partial charge is 0.317 e. The zero-order valence-electron chi connectivity index (χ0n) is 13.8. The van der Waals surface area contributed by atoms with Crippen LogP contribution >= 0.6 is 0 Å². The number of hydrogen-bond donors (Lipinski definition) is 1. The first-order valence-electron chi connectivity index (χ1n) is 8.76. The lowest BCUT2D eigenvalue weighted by Gasteiger charge is -2.40. The minimum atomic E-state index is 0.119. The largest absolute Gasteiger partial charge is 0.335 e. The van der Waals surface area contributed by atoms with Gasteiger partial charge in [-0.15, -0.1) is 0 Å². The molecule has 22 heavy (non-hydrogen) atoms. The Morgan fingerprint density at radius 3 is 2.73 bits per heavy atom. The highest BCUT2D eigenvalue weighted by atomic mass is 16.2. The van der Waals surface area contributed by atoms with Crippen molar-refractivity contribution < 1.29 is 4.79 Å². The highest BCUT2D eigenvalue weighted by molar-refractivity contribution is 5.75. The summed E-state index contributed by atoms with van der Waals surface area (Å²) >= 11 is 0. The predicted molar refractivity (Wildman–Crippen MR) is 87.0 cm³/mol. The van der Waals surface area contributed by atoms with Crippen molar-refractivity contribution in [1.29, 1.82) is 0 Å². The molecular formula is C17H28N4O. The number of nitrogens with zero attached hydrogens (tertiary/aromatic N) is 3. The molecule has 0 spiro atoms. The SMILES string of the molecule is CCCn1c(C)cnc1C1CN(C(=O)NC2CCCCC2)C1. The topological polar surface area (TPSA) is 50.2 Å². The van der Waals surface area contributed by atoms with Gasteiger partial charge in [-0.05, 0) is 26.2 Å². The maximum Gasteiger partial charge on any atom is 0.317 e. The van der Waals surface area contributed by atoms with Crippen LogP contribution in [0.1, 0.15) is 62.9 Å². The molecule has 0 unspecified atom stereocenters. The van der Waals surface area contributed by atoms with Crippen LogP contribution in [0.2, 0.25) is 0 Å². The minimum Gasteiger partial charge on any atom is -0.335 e. The molecule has 2 aliphatic rings. The third-order valence-corrected chi connectivity index (χ3v) is 5.00. The summed E-state index contributed by atoms with van der Waals surface area (Å²) in [6.45, 7) is 6.93. The van der Waals surface area contributed by atoms with Crippen LogP contribution in [0.3, 0.4) is 0 Å². The number of carbonyl (C=O) groups excluding carboxylic acids is 1. The molecule has 0 radical (unpaired) electrons. The van der Waals surface area contributed by atoms with E-state index < -0.39 is 0 Å². The van der Waals surface area contributed by atoms with Crippen molar-refractivity contribution in [2.75, 3.05) is 13.1 Å². The molecule has 1 aliphatic carbocycles. The summed E-state index contributed by atoms with van der Waals surface area (Å²) in [5.74, 6) is 1.55. The Morgan fingerprint density at radius 1 is 1.32 bits per heavy atom. The average Bonchev–Trinajstić information content (AvgIpc) is 2.81. The van der Waals surface area contributed by atoms with Gasteiger partial charge in [-0.1, -0.05) is 26.2 Å². The van der Waals surface area contributed by atoms with Crippen molar-refractivity contribution >= 4 is 6.03 Å². The van der Waals surface area contributed by atoms with Crippen molar-refractivity contribution in [2.24, 2.45) is 0 Å². The normalized spacial score (nSPS) is 20.0. The molecule has 1 aromatic rings. The Balaban J connectivity index is 1.52. The molecule has 5 nitrogen and oxygen atoms in total. The molecule has 5 heteroatoms. The van der Waals surface area contributed by atoms with Gasteiger partial charge in [0.1, 0.15) is 5.82 Å². The Labute approximate surface area is 133 Å². The molecule has 1 N–H and O–H groups in total. The molecule has 2 fully saturated rings. The standard InChI is InChI=1S/C17H28N4O/c1-3-9-21-13(2)10-18-16(21)14-11-20(12-14)17(22)19-15-7-5-4-6-8-15/h10,14-15H,3-9,11-12H2,1-2H3,(H,19,22). The van der Waals surface area contributed by atoms with Gasteiger partial charge in [-0.2, -0.15) is 0 Å². The van der Waals surface area contributed by atoms with E-state index in [0.29, 0.717) is 12.0 Å². The highest BCUT2D eigenvalue weighted by Crippen LogP contribution is 2.27. The second kappa shape index (κ2) is 6.71. The van der Waals surface area contributed by atoms with Gasteiger partial charge in [0.05, 0.1) is 5.92 Å². The molecule has 3 rings (SSSR count). The quantitative estimate of drug-likeness (QED) is 0.929. The minimum absolute atomic E-state index is 0.119. The van der Waals surface area contributed by atoms with Crippen molar-refractivity contribution in [1.82, 2.24) is 19.8 Å². The molecule has 0 atom stereocenters. The van der Waals surface area contributed by atoms with E-state index in [1.807, 2.05) is 11.1 Å². The van der Waals surface area contributed by atoms with Crippen LogP contribution in [-0.2, 0) is 6.54 Å². The number of imidazole rings is 1. The third-order valence-electron chi connectivity index (χ3n) is 5.00. The van der Waals surface area contributed by atoms with Crippen LogP contribution in [0, 0.1) is 6.92 Å². The maximum atomic E-state index is 12.3. The van der Waals surface area contributed by atoms with Crippen LogP contribution in [0.25, 0.3) is 0 Å². The van der Waals surface area contributed by atoms with Crippen LogP contribution < -0.4 is 5.32 Å². The first-order valence-corrected chi connectivity index (χ1v) is 8.76. The fourth-order valence-electron chi connectivity index (χ4n) is 3.64. The third kappa shape index (κ3) is 3.13. The van der Waals surface area contributed by atoms with Crippen molar-refractivity contribution in [3.63, 3.8) is 0 Å². The monoisotopic (exact) mass is 304 g/mol. The first-order chi connectivity index (χ1) is 10.7. The number of hydrogen-bond acceptors (Lipinski definition) is 2. The van der Waals surface area contributed by atoms with Crippen LogP contribution in [0.15, 0.2) is 6.20 Å². The summed E-state index contributed by atoms with van der Waals surface area (Å²) in [5.41, 5.74) is 1.22. The lowest BCUT2D eigenvalue weighted by molar-refractivity contribution is 0.141. The van der Waals surface area contributed by atoms with Gasteiger partial charge < -0.3 is 14.8 Å². The molecule has 0 aromatic carbocycles. The molecule has 122 valence electrons. The molecule has 0 bridgehead atoms. The Morgan fingerprint density at radius 2 is 2.05 bits per heavy atom. The van der Waals surface area contributed by atoms with Crippen LogP contribution in [-0.4, -0.2) is 39.6 Å². The van der Waals surface area contributed by atoms with Gasteiger partial charge in [-0.25, -0.2) is 9.78 Å². The molecule has 2 heterocycles. The van der Waals surface area contributed by atoms with Gasteiger partial charge in [-0.3, -0.25) is 0 Å². The summed E-state index contributed by atoms with van der Waals surface area (Å²) in [4.78, 5) is 18.8. The zero-order chi connectivity index (χ0) is 15.5.